The van der Waals surface area contributed by atoms with E-state index in [9.17, 15) is 22.8 Å². The zero-order chi connectivity index (χ0) is 19.8. The van der Waals surface area contributed by atoms with Crippen molar-refractivity contribution in [2.75, 3.05) is 5.32 Å². The Bertz CT molecular complexity index is 1090. The van der Waals surface area contributed by atoms with Gasteiger partial charge in [-0.05, 0) is 43.3 Å². The van der Waals surface area contributed by atoms with Gasteiger partial charge in [0.25, 0.3) is 5.91 Å². The summed E-state index contributed by atoms with van der Waals surface area (Å²) in [6, 6.07) is 8.77. The van der Waals surface area contributed by atoms with Crippen molar-refractivity contribution >= 4 is 34.1 Å². The summed E-state index contributed by atoms with van der Waals surface area (Å²) in [6.07, 6.45) is -4.55. The number of aryl methyl sites for hydroxylation is 1. The molecule has 0 radical (unpaired) electrons. The molecule has 1 amide bonds. The summed E-state index contributed by atoms with van der Waals surface area (Å²) in [6.45, 7) is 2.16. The van der Waals surface area contributed by atoms with Gasteiger partial charge in [0.1, 0.15) is 0 Å². The Morgan fingerprint density at radius 3 is 2.63 bits per heavy atom. The van der Waals surface area contributed by atoms with Crippen LogP contribution in [0.15, 0.2) is 47.3 Å². The molecule has 0 unspecified atom stereocenters. The maximum absolute atomic E-state index is 12.8. The summed E-state index contributed by atoms with van der Waals surface area (Å²) in [7, 11) is 0. The van der Waals surface area contributed by atoms with Gasteiger partial charge in [0.05, 0.1) is 16.5 Å². The predicted octanol–water partition coefficient (Wildman–Crippen LogP) is 4.34. The van der Waals surface area contributed by atoms with Gasteiger partial charge in [0.2, 0.25) is 5.43 Å². The number of alkyl halides is 3. The Hall–Kier alpha value is -2.87. The number of nitrogens with one attached hydrogen (secondary N) is 1. The summed E-state index contributed by atoms with van der Waals surface area (Å²) >= 11 is 5.93. The summed E-state index contributed by atoms with van der Waals surface area (Å²) in [5.74, 6) is -0.900. The molecule has 1 aromatic heterocycles. The van der Waals surface area contributed by atoms with Crippen molar-refractivity contribution in [3.63, 3.8) is 0 Å². The predicted molar refractivity (Wildman–Crippen MR) is 96.1 cm³/mol. The van der Waals surface area contributed by atoms with Crippen LogP contribution in [0, 0.1) is 0 Å². The van der Waals surface area contributed by atoms with Gasteiger partial charge in [-0.3, -0.25) is 14.3 Å². The van der Waals surface area contributed by atoms with Crippen LogP contribution >= 0.6 is 11.6 Å². The van der Waals surface area contributed by atoms with E-state index in [4.69, 9.17) is 11.6 Å². The second-order valence-corrected chi connectivity index (χ2v) is 6.12. The number of aromatic nitrogens is 2. The van der Waals surface area contributed by atoms with Crippen LogP contribution in [0.1, 0.15) is 23.0 Å². The van der Waals surface area contributed by atoms with E-state index < -0.39 is 28.8 Å². The summed E-state index contributed by atoms with van der Waals surface area (Å²) in [5, 5.41) is 6.86. The lowest BCUT2D eigenvalue weighted by Gasteiger charge is -2.12. The van der Waals surface area contributed by atoms with Crippen LogP contribution in [0.3, 0.4) is 0 Å². The van der Waals surface area contributed by atoms with Gasteiger partial charge in [-0.15, -0.1) is 0 Å². The number of fused-ring (bicyclic) bond motifs is 1. The number of hydrogen-bond donors (Lipinski definition) is 1. The van der Waals surface area contributed by atoms with E-state index in [0.717, 1.165) is 18.2 Å². The van der Waals surface area contributed by atoms with Crippen LogP contribution in [0.2, 0.25) is 5.02 Å². The molecule has 0 bridgehead atoms. The molecule has 1 heterocycles. The van der Waals surface area contributed by atoms with E-state index in [1.165, 1.54) is 16.8 Å². The Labute approximate surface area is 156 Å². The molecule has 1 N–H and O–H groups in total. The molecule has 0 saturated carbocycles. The van der Waals surface area contributed by atoms with E-state index >= 15 is 0 Å². The normalized spacial score (nSPS) is 11.6. The third kappa shape index (κ3) is 3.80. The fraction of sp³-hybridized carbons (Fsp3) is 0.167. The van der Waals surface area contributed by atoms with Gasteiger partial charge < -0.3 is 5.32 Å². The van der Waals surface area contributed by atoms with E-state index in [2.05, 4.69) is 10.4 Å². The van der Waals surface area contributed by atoms with Crippen molar-refractivity contribution in [2.45, 2.75) is 19.6 Å². The highest BCUT2D eigenvalue weighted by atomic mass is 35.5. The monoisotopic (exact) mass is 395 g/mol. The zero-order valence-electron chi connectivity index (χ0n) is 14.0. The average Bonchev–Trinajstić information content (AvgIpc) is 2.62. The Morgan fingerprint density at radius 1 is 1.22 bits per heavy atom. The quantitative estimate of drug-likeness (QED) is 0.717. The van der Waals surface area contributed by atoms with Gasteiger partial charge >= 0.3 is 6.18 Å². The minimum atomic E-state index is -4.55. The van der Waals surface area contributed by atoms with Crippen molar-refractivity contribution in [1.82, 2.24) is 9.78 Å². The molecule has 3 rings (SSSR count). The minimum absolute atomic E-state index is 0.0923. The molecule has 2 aromatic carbocycles. The molecule has 3 aromatic rings. The molecule has 0 saturated heterocycles. The van der Waals surface area contributed by atoms with Crippen molar-refractivity contribution in [1.29, 1.82) is 0 Å². The van der Waals surface area contributed by atoms with E-state index in [-0.39, 0.29) is 11.1 Å². The lowest BCUT2D eigenvalue weighted by Crippen LogP contribution is -2.27. The SMILES string of the molecule is CCn1nc(C(=O)Nc2cccc(C(F)(F)F)c2)c(=O)c2cc(Cl)ccc21. The Kier molecular flexibility index (Phi) is 4.93. The second-order valence-electron chi connectivity index (χ2n) is 5.69. The molecule has 9 heteroatoms. The first kappa shape index (κ1) is 18.9. The van der Waals surface area contributed by atoms with E-state index in [1.54, 1.807) is 19.1 Å². The number of nitrogens with zero attached hydrogens (tertiary/aromatic N) is 2. The Balaban J connectivity index is 2.04. The lowest BCUT2D eigenvalue weighted by atomic mass is 10.1. The van der Waals surface area contributed by atoms with Crippen molar-refractivity contribution < 1.29 is 18.0 Å². The number of carbonyl (C=O) groups excluding carboxylic acids is 1. The molecule has 5 nitrogen and oxygen atoms in total. The number of halogens is 4. The van der Waals surface area contributed by atoms with Gasteiger partial charge in [0, 0.05) is 17.3 Å². The standard InChI is InChI=1S/C18H13ClF3N3O2/c1-2-25-14-7-6-11(19)9-13(14)16(26)15(24-25)17(27)23-12-5-3-4-10(8-12)18(20,21)22/h3-9H,2H2,1H3,(H,23,27). The van der Waals surface area contributed by atoms with Gasteiger partial charge in [-0.25, -0.2) is 0 Å². The molecule has 27 heavy (non-hydrogen) atoms. The fourth-order valence-corrected chi connectivity index (χ4v) is 2.79. The minimum Gasteiger partial charge on any atom is -0.320 e. The number of anilines is 1. The molecular weight excluding hydrogens is 383 g/mol. The molecular formula is C18H13ClF3N3O2. The summed E-state index contributed by atoms with van der Waals surface area (Å²) in [4.78, 5) is 25.1. The van der Waals surface area contributed by atoms with E-state index in [1.807, 2.05) is 0 Å². The third-order valence-electron chi connectivity index (χ3n) is 3.88. The molecule has 0 aliphatic heterocycles. The topological polar surface area (TPSA) is 64.0 Å². The highest BCUT2D eigenvalue weighted by molar-refractivity contribution is 6.31. The number of hydrogen-bond acceptors (Lipinski definition) is 3. The first-order chi connectivity index (χ1) is 12.7. The largest absolute Gasteiger partial charge is 0.416 e. The summed E-state index contributed by atoms with van der Waals surface area (Å²) < 4.78 is 39.9. The smallest absolute Gasteiger partial charge is 0.320 e. The van der Waals surface area contributed by atoms with Crippen molar-refractivity contribution in [2.24, 2.45) is 0 Å². The van der Waals surface area contributed by atoms with Gasteiger partial charge in [-0.1, -0.05) is 17.7 Å². The fourth-order valence-electron chi connectivity index (χ4n) is 2.62. The van der Waals surface area contributed by atoms with Crippen LogP contribution in [0.5, 0.6) is 0 Å². The molecule has 0 spiro atoms. The highest BCUT2D eigenvalue weighted by Gasteiger charge is 2.30. The first-order valence-electron chi connectivity index (χ1n) is 7.89. The summed E-state index contributed by atoms with van der Waals surface area (Å²) in [5.41, 5.74) is -1.58. The van der Waals surface area contributed by atoms with E-state index in [0.29, 0.717) is 17.1 Å². The number of carbonyl (C=O) groups is 1. The van der Waals surface area contributed by atoms with Crippen LogP contribution in [-0.2, 0) is 12.7 Å². The van der Waals surface area contributed by atoms with Crippen LogP contribution in [0.4, 0.5) is 18.9 Å². The maximum Gasteiger partial charge on any atom is 0.416 e. The maximum atomic E-state index is 12.8. The number of amides is 1. The molecule has 0 atom stereocenters. The average molecular weight is 396 g/mol. The molecule has 0 aliphatic rings. The zero-order valence-corrected chi connectivity index (χ0v) is 14.7. The second kappa shape index (κ2) is 7.03. The molecule has 0 fully saturated rings. The number of benzene rings is 2. The Morgan fingerprint density at radius 2 is 1.96 bits per heavy atom. The molecule has 140 valence electrons. The highest BCUT2D eigenvalue weighted by Crippen LogP contribution is 2.30. The molecule has 0 aliphatic carbocycles. The van der Waals surface area contributed by atoms with Crippen LogP contribution in [-0.4, -0.2) is 15.7 Å². The number of rotatable bonds is 3. The van der Waals surface area contributed by atoms with Crippen molar-refractivity contribution in [3.05, 3.63) is 69.0 Å². The first-order valence-corrected chi connectivity index (χ1v) is 8.27. The third-order valence-corrected chi connectivity index (χ3v) is 4.11. The van der Waals surface area contributed by atoms with Gasteiger partial charge in [0.15, 0.2) is 5.69 Å². The van der Waals surface area contributed by atoms with Crippen LogP contribution in [0.25, 0.3) is 10.9 Å². The van der Waals surface area contributed by atoms with Gasteiger partial charge in [-0.2, -0.15) is 18.3 Å². The van der Waals surface area contributed by atoms with Crippen molar-refractivity contribution in [3.8, 4) is 0 Å². The lowest BCUT2D eigenvalue weighted by molar-refractivity contribution is -0.137. The van der Waals surface area contributed by atoms with Crippen LogP contribution < -0.4 is 10.7 Å².